The second kappa shape index (κ2) is 4.28. The molecule has 21 heavy (non-hydrogen) atoms. The van der Waals surface area contributed by atoms with Crippen molar-refractivity contribution in [1.29, 1.82) is 0 Å². The van der Waals surface area contributed by atoms with Crippen molar-refractivity contribution < 1.29 is 19.2 Å². The lowest BCUT2D eigenvalue weighted by molar-refractivity contribution is -0.174. The third kappa shape index (κ3) is 1.73. The molecule has 3 aliphatic rings. The molecular weight excluding hydrogens is 270 g/mol. The summed E-state index contributed by atoms with van der Waals surface area (Å²) in [5, 5.41) is 0.600. The third-order valence-corrected chi connectivity index (χ3v) is 4.52. The van der Waals surface area contributed by atoms with E-state index in [0.29, 0.717) is 11.0 Å². The van der Waals surface area contributed by atoms with Crippen LogP contribution in [-0.4, -0.2) is 22.8 Å². The first-order valence-electron chi connectivity index (χ1n) is 7.03. The minimum atomic E-state index is -0.567. The zero-order valence-electron chi connectivity index (χ0n) is 11.2. The summed E-state index contributed by atoms with van der Waals surface area (Å²) in [4.78, 5) is 41.6. The fourth-order valence-electron chi connectivity index (χ4n) is 3.46. The number of imide groups is 1. The molecule has 1 saturated carbocycles. The summed E-state index contributed by atoms with van der Waals surface area (Å²) in [5.74, 6) is -1.26. The van der Waals surface area contributed by atoms with Crippen molar-refractivity contribution in [3.8, 4) is 0 Å². The smallest absolute Gasteiger partial charge is 0.329 e. The van der Waals surface area contributed by atoms with Gasteiger partial charge in [-0.25, -0.2) is 4.79 Å². The number of rotatable bonds is 2. The van der Waals surface area contributed by atoms with E-state index in [-0.39, 0.29) is 23.0 Å². The quantitative estimate of drug-likeness (QED) is 0.614. The molecule has 0 aromatic heterocycles. The van der Waals surface area contributed by atoms with Crippen LogP contribution < -0.4 is 0 Å². The molecule has 3 unspecified atom stereocenters. The van der Waals surface area contributed by atoms with E-state index >= 15 is 0 Å². The summed E-state index contributed by atoms with van der Waals surface area (Å²) in [5.41, 5.74) is 0.561. The first-order chi connectivity index (χ1) is 10.1. The van der Waals surface area contributed by atoms with Crippen LogP contribution in [-0.2, 0) is 9.63 Å². The molecule has 5 nitrogen and oxygen atoms in total. The summed E-state index contributed by atoms with van der Waals surface area (Å²) < 4.78 is 0. The van der Waals surface area contributed by atoms with E-state index in [2.05, 4.69) is 6.08 Å². The number of carbonyl (C=O) groups excluding carboxylic acids is 3. The number of carbonyl (C=O) groups is 3. The van der Waals surface area contributed by atoms with Crippen molar-refractivity contribution >= 4 is 17.8 Å². The van der Waals surface area contributed by atoms with Crippen LogP contribution in [0.5, 0.6) is 0 Å². The Morgan fingerprint density at radius 2 is 1.71 bits per heavy atom. The molecule has 1 aromatic carbocycles. The molecule has 2 aliphatic carbocycles. The Bertz CT molecular complexity index is 658. The molecule has 106 valence electrons. The van der Waals surface area contributed by atoms with E-state index < -0.39 is 17.8 Å². The van der Waals surface area contributed by atoms with Crippen molar-refractivity contribution in [3.63, 3.8) is 0 Å². The summed E-state index contributed by atoms with van der Waals surface area (Å²) in [7, 11) is 0. The van der Waals surface area contributed by atoms with Crippen LogP contribution in [0.1, 0.15) is 33.6 Å². The first-order valence-corrected chi connectivity index (χ1v) is 7.03. The zero-order chi connectivity index (χ0) is 14.6. The number of amides is 2. The number of hydrogen-bond donors (Lipinski definition) is 0. The van der Waals surface area contributed by atoms with Gasteiger partial charge in [-0.15, -0.1) is 0 Å². The van der Waals surface area contributed by atoms with Crippen molar-refractivity contribution in [1.82, 2.24) is 5.06 Å². The average Bonchev–Trinajstić information content (AvgIpc) is 3.18. The molecule has 4 rings (SSSR count). The Hall–Kier alpha value is -2.43. The van der Waals surface area contributed by atoms with Gasteiger partial charge in [-0.2, -0.15) is 0 Å². The SMILES string of the molecule is O=C(ON1C(=O)c2ccccc2C1=O)C1CC2C=CC1C2. The maximum atomic E-state index is 12.2. The highest BCUT2D eigenvalue weighted by Gasteiger charge is 2.44. The molecule has 0 spiro atoms. The highest BCUT2D eigenvalue weighted by Crippen LogP contribution is 2.44. The summed E-state index contributed by atoms with van der Waals surface area (Å²) in [6, 6.07) is 6.47. The fraction of sp³-hybridized carbons (Fsp3) is 0.312. The lowest BCUT2D eigenvalue weighted by Crippen LogP contribution is -2.36. The highest BCUT2D eigenvalue weighted by molar-refractivity contribution is 6.20. The molecule has 3 atom stereocenters. The maximum Gasteiger partial charge on any atom is 0.336 e. The van der Waals surface area contributed by atoms with E-state index in [1.54, 1.807) is 24.3 Å². The number of allylic oxidation sites excluding steroid dienone is 2. The van der Waals surface area contributed by atoms with Gasteiger partial charge in [0.2, 0.25) is 0 Å². The van der Waals surface area contributed by atoms with Crippen LogP contribution in [0.25, 0.3) is 0 Å². The van der Waals surface area contributed by atoms with Crippen LogP contribution in [0.4, 0.5) is 0 Å². The maximum absolute atomic E-state index is 12.2. The minimum Gasteiger partial charge on any atom is -0.329 e. The lowest BCUT2D eigenvalue weighted by atomic mass is 9.94. The number of fused-ring (bicyclic) bond motifs is 3. The normalized spacial score (nSPS) is 29.1. The predicted molar refractivity (Wildman–Crippen MR) is 71.9 cm³/mol. The van der Waals surface area contributed by atoms with Crippen LogP contribution >= 0.6 is 0 Å². The second-order valence-electron chi connectivity index (χ2n) is 5.75. The zero-order valence-corrected chi connectivity index (χ0v) is 11.2. The number of benzene rings is 1. The van der Waals surface area contributed by atoms with Crippen molar-refractivity contribution in [3.05, 3.63) is 47.5 Å². The molecule has 1 heterocycles. The largest absolute Gasteiger partial charge is 0.336 e. The average molecular weight is 283 g/mol. The first kappa shape index (κ1) is 12.3. The predicted octanol–water partition coefficient (Wildman–Crippen LogP) is 1.95. The molecule has 2 bridgehead atoms. The second-order valence-corrected chi connectivity index (χ2v) is 5.75. The van der Waals surface area contributed by atoms with E-state index in [1.807, 2.05) is 6.08 Å². The fourth-order valence-corrected chi connectivity index (χ4v) is 3.46. The van der Waals surface area contributed by atoms with Crippen LogP contribution in [0, 0.1) is 17.8 Å². The molecule has 2 amide bonds. The van der Waals surface area contributed by atoms with Crippen LogP contribution in [0.3, 0.4) is 0 Å². The molecule has 0 N–H and O–H groups in total. The van der Waals surface area contributed by atoms with E-state index in [0.717, 1.165) is 12.8 Å². The van der Waals surface area contributed by atoms with Gasteiger partial charge in [0.1, 0.15) is 0 Å². The van der Waals surface area contributed by atoms with Crippen molar-refractivity contribution in [2.24, 2.45) is 17.8 Å². The van der Waals surface area contributed by atoms with Gasteiger partial charge in [0, 0.05) is 0 Å². The van der Waals surface area contributed by atoms with Gasteiger partial charge < -0.3 is 4.84 Å². The molecule has 5 heteroatoms. The molecule has 1 fully saturated rings. The molecule has 1 aliphatic heterocycles. The van der Waals surface area contributed by atoms with E-state index in [9.17, 15) is 14.4 Å². The Balaban J connectivity index is 1.54. The van der Waals surface area contributed by atoms with Crippen LogP contribution in [0.2, 0.25) is 0 Å². The van der Waals surface area contributed by atoms with Crippen molar-refractivity contribution in [2.45, 2.75) is 12.8 Å². The molecule has 0 saturated heterocycles. The van der Waals surface area contributed by atoms with Crippen molar-refractivity contribution in [2.75, 3.05) is 0 Å². The summed E-state index contributed by atoms with van der Waals surface area (Å²) >= 11 is 0. The molecule has 0 radical (unpaired) electrons. The number of hydroxylamine groups is 2. The van der Waals surface area contributed by atoms with Gasteiger partial charge in [0.25, 0.3) is 11.8 Å². The van der Waals surface area contributed by atoms with Gasteiger partial charge in [0.05, 0.1) is 17.0 Å². The monoisotopic (exact) mass is 283 g/mol. The third-order valence-electron chi connectivity index (χ3n) is 4.52. The summed E-state index contributed by atoms with van der Waals surface area (Å²) in [6.45, 7) is 0. The number of nitrogens with zero attached hydrogens (tertiary/aromatic N) is 1. The van der Waals surface area contributed by atoms with Gasteiger partial charge in [0.15, 0.2) is 0 Å². The van der Waals surface area contributed by atoms with Crippen LogP contribution in [0.15, 0.2) is 36.4 Å². The summed E-state index contributed by atoms with van der Waals surface area (Å²) in [6.07, 6.45) is 5.85. The van der Waals surface area contributed by atoms with Gasteiger partial charge in [-0.3, -0.25) is 9.59 Å². The van der Waals surface area contributed by atoms with Gasteiger partial charge >= 0.3 is 5.97 Å². The Morgan fingerprint density at radius 1 is 1.05 bits per heavy atom. The Labute approximate surface area is 121 Å². The Morgan fingerprint density at radius 3 is 2.24 bits per heavy atom. The topological polar surface area (TPSA) is 63.7 Å². The number of hydrogen-bond acceptors (Lipinski definition) is 4. The lowest BCUT2D eigenvalue weighted by Gasteiger charge is -2.19. The van der Waals surface area contributed by atoms with E-state index in [1.165, 1.54) is 0 Å². The standard InChI is InChI=1S/C16H13NO4/c18-14-11-3-1-2-4-12(11)15(19)17(14)21-16(20)13-8-9-5-6-10(13)7-9/h1-6,9-10,13H,7-8H2. The highest BCUT2D eigenvalue weighted by atomic mass is 16.7. The Kier molecular flexibility index (Phi) is 2.51. The van der Waals surface area contributed by atoms with Gasteiger partial charge in [-0.1, -0.05) is 29.3 Å². The van der Waals surface area contributed by atoms with E-state index in [4.69, 9.17) is 4.84 Å². The minimum absolute atomic E-state index is 0.178. The van der Waals surface area contributed by atoms with Gasteiger partial charge in [-0.05, 0) is 36.8 Å². The molecule has 1 aromatic rings. The molecular formula is C16H13NO4.